The highest BCUT2D eigenvalue weighted by Crippen LogP contribution is 2.29. The fourth-order valence-electron chi connectivity index (χ4n) is 3.98. The lowest BCUT2D eigenvalue weighted by molar-refractivity contribution is 0.0633. The number of halogens is 1. The Balaban J connectivity index is 1.53. The molecule has 1 atom stereocenters. The molecule has 5 N–H and O–H groups in total. The Morgan fingerprint density at radius 2 is 1.94 bits per heavy atom. The number of primary amides is 1. The fourth-order valence-corrected chi connectivity index (χ4v) is 4.13. The molecule has 34 heavy (non-hydrogen) atoms. The lowest BCUT2D eigenvalue weighted by atomic mass is 9.96. The van der Waals surface area contributed by atoms with Gasteiger partial charge >= 0.3 is 6.09 Å². The molecule has 0 saturated carbocycles. The summed E-state index contributed by atoms with van der Waals surface area (Å²) in [6.07, 6.45) is 0.378. The smallest absolute Gasteiger partial charge is 0.405 e. The summed E-state index contributed by atoms with van der Waals surface area (Å²) in [6.45, 7) is 2.59. The van der Waals surface area contributed by atoms with E-state index in [4.69, 9.17) is 37.8 Å². The van der Waals surface area contributed by atoms with Gasteiger partial charge in [-0.1, -0.05) is 23.7 Å². The van der Waals surface area contributed by atoms with Gasteiger partial charge in [-0.25, -0.2) is 4.79 Å². The number of hydrogen-bond donors (Lipinski definition) is 3. The number of anilines is 1. The molecule has 1 unspecified atom stereocenters. The topological polar surface area (TPSA) is 144 Å². The summed E-state index contributed by atoms with van der Waals surface area (Å²) >= 11 is 6.01. The number of nitrogens with zero attached hydrogens (tertiary/aromatic N) is 2. The number of hydrogen-bond acceptors (Lipinski definition) is 7. The minimum atomic E-state index is -0.842. The fraction of sp³-hybridized carbons (Fsp3) is 0.375. The highest BCUT2D eigenvalue weighted by molar-refractivity contribution is 6.33. The quantitative estimate of drug-likeness (QED) is 0.487. The van der Waals surface area contributed by atoms with Crippen molar-refractivity contribution in [3.63, 3.8) is 0 Å². The van der Waals surface area contributed by atoms with Crippen LogP contribution in [0.1, 0.15) is 40.4 Å². The van der Waals surface area contributed by atoms with Gasteiger partial charge in [0.2, 0.25) is 0 Å². The number of amides is 2. The van der Waals surface area contributed by atoms with Crippen molar-refractivity contribution in [2.75, 3.05) is 39.0 Å². The molecule has 1 saturated heterocycles. The minimum absolute atomic E-state index is 0.265. The molecular formula is C24H28ClN5O4. The largest absolute Gasteiger partial charge is 0.496 e. The average molecular weight is 486 g/mol. The van der Waals surface area contributed by atoms with Crippen LogP contribution < -0.4 is 21.5 Å². The molecule has 0 aromatic heterocycles. The molecule has 0 spiro atoms. The Kier molecular flexibility index (Phi) is 8.57. The van der Waals surface area contributed by atoms with Crippen LogP contribution in [-0.4, -0.2) is 50.2 Å². The Labute approximate surface area is 203 Å². The van der Waals surface area contributed by atoms with Gasteiger partial charge in [-0.05, 0) is 55.6 Å². The van der Waals surface area contributed by atoms with Crippen LogP contribution in [0.4, 0.5) is 10.5 Å². The average Bonchev–Trinajstić information content (AvgIpc) is 2.84. The molecule has 1 aliphatic heterocycles. The van der Waals surface area contributed by atoms with E-state index in [1.54, 1.807) is 24.3 Å². The first-order chi connectivity index (χ1) is 16.3. The van der Waals surface area contributed by atoms with Crippen molar-refractivity contribution >= 4 is 29.3 Å². The number of nitriles is 1. The van der Waals surface area contributed by atoms with E-state index in [2.05, 4.69) is 16.3 Å². The van der Waals surface area contributed by atoms with E-state index < -0.39 is 12.2 Å². The number of ether oxygens (including phenoxy) is 2. The minimum Gasteiger partial charge on any atom is -0.496 e. The summed E-state index contributed by atoms with van der Waals surface area (Å²) in [4.78, 5) is 26.3. The van der Waals surface area contributed by atoms with Crippen molar-refractivity contribution in [1.82, 2.24) is 10.2 Å². The third-order valence-corrected chi connectivity index (χ3v) is 6.24. The van der Waals surface area contributed by atoms with Gasteiger partial charge in [0.15, 0.2) is 0 Å². The van der Waals surface area contributed by atoms with Gasteiger partial charge in [0, 0.05) is 19.2 Å². The summed E-state index contributed by atoms with van der Waals surface area (Å²) in [5.41, 5.74) is 13.1. The van der Waals surface area contributed by atoms with Gasteiger partial charge in [0.25, 0.3) is 5.91 Å². The molecule has 0 radical (unpaired) electrons. The van der Waals surface area contributed by atoms with Crippen LogP contribution in [-0.2, 0) is 4.74 Å². The van der Waals surface area contributed by atoms with E-state index in [0.717, 1.165) is 31.5 Å². The second kappa shape index (κ2) is 11.6. The molecule has 0 bridgehead atoms. The molecule has 3 rings (SSSR count). The van der Waals surface area contributed by atoms with Gasteiger partial charge < -0.3 is 26.3 Å². The maximum absolute atomic E-state index is 12.7. The first-order valence-corrected chi connectivity index (χ1v) is 11.3. The maximum Gasteiger partial charge on any atom is 0.405 e. The highest BCUT2D eigenvalue weighted by atomic mass is 35.5. The predicted molar refractivity (Wildman–Crippen MR) is 128 cm³/mol. The monoisotopic (exact) mass is 485 g/mol. The second-order valence-corrected chi connectivity index (χ2v) is 8.59. The zero-order chi connectivity index (χ0) is 24.7. The first-order valence-electron chi connectivity index (χ1n) is 10.9. The lowest BCUT2D eigenvalue weighted by Gasteiger charge is -2.34. The second-order valence-electron chi connectivity index (χ2n) is 8.19. The van der Waals surface area contributed by atoms with E-state index in [9.17, 15) is 9.59 Å². The third kappa shape index (κ3) is 6.53. The van der Waals surface area contributed by atoms with Crippen molar-refractivity contribution in [2.24, 2.45) is 11.7 Å². The molecule has 10 heteroatoms. The van der Waals surface area contributed by atoms with E-state index >= 15 is 0 Å². The van der Waals surface area contributed by atoms with Crippen molar-refractivity contribution in [1.29, 1.82) is 5.26 Å². The van der Waals surface area contributed by atoms with Crippen LogP contribution in [0.25, 0.3) is 0 Å². The number of carbonyl (C=O) groups is 2. The van der Waals surface area contributed by atoms with Crippen molar-refractivity contribution in [3.8, 4) is 11.8 Å². The summed E-state index contributed by atoms with van der Waals surface area (Å²) in [5, 5.41) is 12.3. The molecule has 1 fully saturated rings. The van der Waals surface area contributed by atoms with Crippen molar-refractivity contribution in [2.45, 2.75) is 18.9 Å². The normalized spacial score (nSPS) is 15.2. The van der Waals surface area contributed by atoms with Crippen LogP contribution >= 0.6 is 11.6 Å². The number of rotatable bonds is 8. The zero-order valence-electron chi connectivity index (χ0n) is 18.9. The van der Waals surface area contributed by atoms with E-state index in [-0.39, 0.29) is 5.91 Å². The van der Waals surface area contributed by atoms with E-state index in [0.29, 0.717) is 46.6 Å². The number of carbonyl (C=O) groups excluding carboxylic acids is 2. The van der Waals surface area contributed by atoms with Crippen LogP contribution in [0.3, 0.4) is 0 Å². The van der Waals surface area contributed by atoms with Gasteiger partial charge in [-0.3, -0.25) is 9.69 Å². The number of nitrogen functional groups attached to an aromatic ring is 1. The Morgan fingerprint density at radius 1 is 1.26 bits per heavy atom. The van der Waals surface area contributed by atoms with Gasteiger partial charge in [0.1, 0.15) is 11.9 Å². The third-order valence-electron chi connectivity index (χ3n) is 5.92. The predicted octanol–water partition coefficient (Wildman–Crippen LogP) is 3.08. The van der Waals surface area contributed by atoms with Crippen LogP contribution in [0.15, 0.2) is 36.4 Å². The molecule has 2 aromatic rings. The maximum atomic E-state index is 12.7. The molecule has 2 aromatic carbocycles. The summed E-state index contributed by atoms with van der Waals surface area (Å²) in [7, 11) is 1.47. The van der Waals surface area contributed by atoms with Gasteiger partial charge in [-0.2, -0.15) is 5.26 Å². The molecule has 2 amide bonds. The molecule has 0 aliphatic carbocycles. The Bertz CT molecular complexity index is 1060. The molecule has 1 heterocycles. The summed E-state index contributed by atoms with van der Waals surface area (Å²) < 4.78 is 10.6. The number of likely N-dealkylation sites (tertiary alicyclic amines) is 1. The standard InChI is InChI=1S/C24H28ClN5O4/c1-33-21-11-19(25)20(27)10-18(21)23(31)29-13-16-6-8-30(9-7-16)14-22(34-24(28)32)17-4-2-15(12-26)3-5-17/h2-5,10-11,16,22H,6-9,13-14,27H2,1H3,(H2,28,32)(H,29,31). The number of methoxy groups -OCH3 is 1. The highest BCUT2D eigenvalue weighted by Gasteiger charge is 2.25. The number of benzene rings is 2. The molecule has 1 aliphatic rings. The van der Waals surface area contributed by atoms with E-state index in [1.807, 2.05) is 0 Å². The van der Waals surface area contributed by atoms with Gasteiger partial charge in [-0.15, -0.1) is 0 Å². The lowest BCUT2D eigenvalue weighted by Crippen LogP contribution is -2.41. The van der Waals surface area contributed by atoms with Crippen molar-refractivity contribution < 1.29 is 19.1 Å². The number of nitrogens with one attached hydrogen (secondary N) is 1. The Hall–Kier alpha value is -3.48. The van der Waals surface area contributed by atoms with Crippen molar-refractivity contribution in [3.05, 3.63) is 58.1 Å². The SMILES string of the molecule is COc1cc(Cl)c(N)cc1C(=O)NCC1CCN(CC(OC(N)=O)c2ccc(C#N)cc2)CC1. The van der Waals surface area contributed by atoms with Crippen LogP contribution in [0.2, 0.25) is 5.02 Å². The molecule has 9 nitrogen and oxygen atoms in total. The molecule has 180 valence electrons. The van der Waals surface area contributed by atoms with Gasteiger partial charge in [0.05, 0.1) is 35.0 Å². The summed E-state index contributed by atoms with van der Waals surface area (Å²) in [5.74, 6) is 0.412. The van der Waals surface area contributed by atoms with Crippen LogP contribution in [0.5, 0.6) is 5.75 Å². The first kappa shape index (κ1) is 25.1. The number of piperidine rings is 1. The Morgan fingerprint density at radius 3 is 2.53 bits per heavy atom. The summed E-state index contributed by atoms with van der Waals surface area (Å²) in [6, 6.07) is 12.0. The van der Waals surface area contributed by atoms with E-state index in [1.165, 1.54) is 19.2 Å². The number of nitrogens with two attached hydrogens (primary N) is 2. The van der Waals surface area contributed by atoms with Crippen LogP contribution in [0, 0.1) is 17.2 Å². The molecular weight excluding hydrogens is 458 g/mol. The zero-order valence-corrected chi connectivity index (χ0v) is 19.7.